The molecule has 0 saturated carbocycles. The smallest absolute Gasteiger partial charge is 0.342 e. The third kappa shape index (κ3) is 2.32. The maximum Gasteiger partial charge on any atom is 0.342 e. The van der Waals surface area contributed by atoms with Crippen LogP contribution in [0.2, 0.25) is 0 Å². The van der Waals surface area contributed by atoms with Crippen LogP contribution in [0.15, 0.2) is 0 Å². The van der Waals surface area contributed by atoms with Crippen molar-refractivity contribution >= 4 is 23.8 Å². The van der Waals surface area contributed by atoms with Crippen LogP contribution in [0.3, 0.4) is 0 Å². The maximum atomic E-state index is 12.3. The SMILES string of the molecule is CC(C)OC(=O)[C@@]12CC[C@@](C(=O)OC(C)C)(NC1=O)C(=O)N2. The fraction of sp³-hybridized carbons (Fsp3) is 0.714. The molecule has 22 heavy (non-hydrogen) atoms. The number of hydrogen-bond acceptors (Lipinski definition) is 6. The van der Waals surface area contributed by atoms with Gasteiger partial charge in [0.05, 0.1) is 12.2 Å². The Labute approximate surface area is 127 Å². The van der Waals surface area contributed by atoms with Crippen LogP contribution in [0.5, 0.6) is 0 Å². The van der Waals surface area contributed by atoms with Crippen LogP contribution in [0.4, 0.5) is 0 Å². The van der Waals surface area contributed by atoms with Gasteiger partial charge in [-0.1, -0.05) is 0 Å². The standard InChI is InChI=1S/C14H20N2O6/c1-7(2)21-11(19)13-5-6-14(10(18)15-13,16-9(13)17)12(20)22-8(3)4/h7-8H,5-6H2,1-4H3,(H,15,18)(H,16,17)/t13-,14-/m1/s1. The summed E-state index contributed by atoms with van der Waals surface area (Å²) in [4.78, 5) is 49.0. The van der Waals surface area contributed by atoms with Crippen molar-refractivity contribution in [1.29, 1.82) is 0 Å². The number of carbonyl (C=O) groups is 4. The molecule has 0 unspecified atom stereocenters. The van der Waals surface area contributed by atoms with E-state index in [-0.39, 0.29) is 12.8 Å². The van der Waals surface area contributed by atoms with Crippen LogP contribution >= 0.6 is 0 Å². The molecule has 8 heteroatoms. The summed E-state index contributed by atoms with van der Waals surface area (Å²) in [6.07, 6.45) is -0.871. The molecule has 3 heterocycles. The molecule has 2 amide bonds. The Morgan fingerprint density at radius 2 is 1.18 bits per heavy atom. The Balaban J connectivity index is 2.27. The van der Waals surface area contributed by atoms with Crippen molar-refractivity contribution in [1.82, 2.24) is 10.6 Å². The second kappa shape index (κ2) is 5.26. The van der Waals surface area contributed by atoms with Crippen molar-refractivity contribution < 1.29 is 28.7 Å². The minimum absolute atomic E-state index is 0.0106. The molecule has 2 atom stereocenters. The number of amides is 2. The molecule has 122 valence electrons. The Hall–Kier alpha value is -2.12. The van der Waals surface area contributed by atoms with Gasteiger partial charge in [-0.25, -0.2) is 9.59 Å². The molecule has 2 bridgehead atoms. The van der Waals surface area contributed by atoms with E-state index < -0.39 is 47.0 Å². The van der Waals surface area contributed by atoms with Crippen molar-refractivity contribution in [2.45, 2.75) is 63.8 Å². The highest BCUT2D eigenvalue weighted by atomic mass is 16.6. The van der Waals surface area contributed by atoms with Crippen LogP contribution in [-0.4, -0.2) is 47.0 Å². The van der Waals surface area contributed by atoms with E-state index in [1.54, 1.807) is 27.7 Å². The molecule has 0 spiro atoms. The molecule has 3 saturated heterocycles. The third-order valence-corrected chi connectivity index (χ3v) is 3.69. The van der Waals surface area contributed by atoms with Crippen molar-refractivity contribution in [3.8, 4) is 0 Å². The van der Waals surface area contributed by atoms with Crippen LogP contribution < -0.4 is 10.6 Å². The fourth-order valence-corrected chi connectivity index (χ4v) is 2.56. The van der Waals surface area contributed by atoms with Crippen LogP contribution in [-0.2, 0) is 28.7 Å². The maximum absolute atomic E-state index is 12.3. The number of ether oxygens (including phenoxy) is 2. The summed E-state index contributed by atoms with van der Waals surface area (Å²) in [7, 11) is 0. The van der Waals surface area contributed by atoms with E-state index in [2.05, 4.69) is 10.6 Å². The second-order valence-electron chi connectivity index (χ2n) is 6.13. The summed E-state index contributed by atoms with van der Waals surface area (Å²) in [5, 5.41) is 4.71. The first-order valence-corrected chi connectivity index (χ1v) is 7.21. The van der Waals surface area contributed by atoms with E-state index in [4.69, 9.17) is 9.47 Å². The van der Waals surface area contributed by atoms with Gasteiger partial charge in [0.2, 0.25) is 11.1 Å². The number of rotatable bonds is 4. The highest BCUT2D eigenvalue weighted by molar-refractivity contribution is 6.22. The van der Waals surface area contributed by atoms with E-state index in [1.165, 1.54) is 0 Å². The van der Waals surface area contributed by atoms with Crippen molar-refractivity contribution in [2.24, 2.45) is 0 Å². The summed E-state index contributed by atoms with van der Waals surface area (Å²) < 4.78 is 10.1. The molecular formula is C14H20N2O6. The van der Waals surface area contributed by atoms with Gasteiger partial charge in [-0.3, -0.25) is 9.59 Å². The number of piperazine rings is 1. The molecule has 0 aromatic rings. The first kappa shape index (κ1) is 16.3. The van der Waals surface area contributed by atoms with Crippen LogP contribution in [0.1, 0.15) is 40.5 Å². The summed E-state index contributed by atoms with van der Waals surface area (Å²) in [5.41, 5.74) is -3.53. The zero-order chi connectivity index (χ0) is 16.7. The summed E-state index contributed by atoms with van der Waals surface area (Å²) in [5.74, 6) is -3.13. The molecule has 0 aromatic heterocycles. The summed E-state index contributed by atoms with van der Waals surface area (Å²) >= 11 is 0. The van der Waals surface area contributed by atoms with Gasteiger partial charge < -0.3 is 20.1 Å². The van der Waals surface area contributed by atoms with E-state index >= 15 is 0 Å². The lowest BCUT2D eigenvalue weighted by Gasteiger charge is -2.48. The third-order valence-electron chi connectivity index (χ3n) is 3.69. The second-order valence-corrected chi connectivity index (χ2v) is 6.13. The zero-order valence-corrected chi connectivity index (χ0v) is 13.0. The lowest BCUT2D eigenvalue weighted by Crippen LogP contribution is -2.83. The largest absolute Gasteiger partial charge is 0.461 e. The van der Waals surface area contributed by atoms with Crippen LogP contribution in [0.25, 0.3) is 0 Å². The fourth-order valence-electron chi connectivity index (χ4n) is 2.56. The number of hydrogen-bond donors (Lipinski definition) is 2. The van der Waals surface area contributed by atoms with Gasteiger partial charge in [0.25, 0.3) is 11.8 Å². The Kier molecular flexibility index (Phi) is 3.88. The Morgan fingerprint density at radius 3 is 1.41 bits per heavy atom. The highest BCUT2D eigenvalue weighted by Gasteiger charge is 2.67. The molecule has 0 aliphatic carbocycles. The van der Waals surface area contributed by atoms with Gasteiger partial charge >= 0.3 is 11.9 Å². The number of carbonyl (C=O) groups excluding carboxylic acids is 4. The first-order chi connectivity index (χ1) is 10.1. The average molecular weight is 312 g/mol. The number of esters is 2. The number of piperidine rings is 2. The van der Waals surface area contributed by atoms with Crippen molar-refractivity contribution in [3.63, 3.8) is 0 Å². The topological polar surface area (TPSA) is 111 Å². The van der Waals surface area contributed by atoms with E-state index in [9.17, 15) is 19.2 Å². The normalized spacial score (nSPS) is 30.1. The highest BCUT2D eigenvalue weighted by Crippen LogP contribution is 2.35. The zero-order valence-electron chi connectivity index (χ0n) is 13.0. The molecule has 0 radical (unpaired) electrons. The Bertz CT molecular complexity index is 495. The van der Waals surface area contributed by atoms with Crippen molar-refractivity contribution in [3.05, 3.63) is 0 Å². The minimum atomic E-state index is -1.76. The molecule has 2 N–H and O–H groups in total. The van der Waals surface area contributed by atoms with E-state index in [0.717, 1.165) is 0 Å². The van der Waals surface area contributed by atoms with E-state index in [1.807, 2.05) is 0 Å². The molecular weight excluding hydrogens is 292 g/mol. The summed E-state index contributed by atoms with van der Waals surface area (Å²) in [6.45, 7) is 6.57. The van der Waals surface area contributed by atoms with Crippen molar-refractivity contribution in [2.75, 3.05) is 0 Å². The predicted molar refractivity (Wildman–Crippen MR) is 73.4 cm³/mol. The molecule has 3 aliphatic heterocycles. The first-order valence-electron chi connectivity index (χ1n) is 7.21. The quantitative estimate of drug-likeness (QED) is 0.530. The lowest BCUT2D eigenvalue weighted by atomic mass is 9.73. The molecule has 3 aliphatic rings. The predicted octanol–water partition coefficient (Wildman–Crippen LogP) is -0.593. The average Bonchev–Trinajstić information content (AvgIpc) is 2.38. The molecule has 3 fully saturated rings. The van der Waals surface area contributed by atoms with Gasteiger partial charge in [0.15, 0.2) is 0 Å². The minimum Gasteiger partial charge on any atom is -0.461 e. The molecule has 0 aromatic carbocycles. The molecule has 8 nitrogen and oxygen atoms in total. The van der Waals surface area contributed by atoms with E-state index in [0.29, 0.717) is 0 Å². The van der Waals surface area contributed by atoms with Gasteiger partial charge in [-0.05, 0) is 40.5 Å². The van der Waals surface area contributed by atoms with Gasteiger partial charge in [-0.15, -0.1) is 0 Å². The van der Waals surface area contributed by atoms with Crippen LogP contribution in [0, 0.1) is 0 Å². The lowest BCUT2D eigenvalue weighted by molar-refractivity contribution is -0.180. The Morgan fingerprint density at radius 1 is 0.864 bits per heavy atom. The molecule has 3 rings (SSSR count). The van der Waals surface area contributed by atoms with Gasteiger partial charge in [0, 0.05) is 0 Å². The van der Waals surface area contributed by atoms with Gasteiger partial charge in [0.1, 0.15) is 0 Å². The summed E-state index contributed by atoms with van der Waals surface area (Å²) in [6, 6.07) is 0. The number of fused-ring (bicyclic) bond motifs is 3. The number of nitrogens with one attached hydrogen (secondary N) is 2. The van der Waals surface area contributed by atoms with Gasteiger partial charge in [-0.2, -0.15) is 0 Å². The monoisotopic (exact) mass is 312 g/mol.